The summed E-state index contributed by atoms with van der Waals surface area (Å²) < 4.78 is 5.65. The molecule has 0 spiro atoms. The van der Waals surface area contributed by atoms with Crippen LogP contribution in [0.3, 0.4) is 0 Å². The van der Waals surface area contributed by atoms with Crippen LogP contribution in [0.15, 0.2) is 30.3 Å². The molecule has 1 aliphatic rings. The number of carbonyl (C=O) groups is 2. The van der Waals surface area contributed by atoms with Crippen LogP contribution in [-0.4, -0.2) is 35.0 Å². The van der Waals surface area contributed by atoms with Gasteiger partial charge in [-0.05, 0) is 19.9 Å². The molecule has 122 valence electrons. The fourth-order valence-electron chi connectivity index (χ4n) is 2.18. The number of urea groups is 1. The topological polar surface area (TPSA) is 111 Å². The van der Waals surface area contributed by atoms with Crippen LogP contribution in [0, 0.1) is 10.1 Å². The third-order valence-corrected chi connectivity index (χ3v) is 3.14. The first-order chi connectivity index (χ1) is 10.9. The van der Waals surface area contributed by atoms with Crippen molar-refractivity contribution >= 4 is 18.0 Å². The highest BCUT2D eigenvalue weighted by Crippen LogP contribution is 2.21. The smallest absolute Gasteiger partial charge is 0.322 e. The Kier molecular flexibility index (Phi) is 4.95. The highest BCUT2D eigenvalue weighted by atomic mass is 16.6. The number of imide groups is 1. The number of nitrogens with one attached hydrogen (secondary N) is 2. The van der Waals surface area contributed by atoms with Gasteiger partial charge in [0.25, 0.3) is 0 Å². The number of hydrogen-bond acceptors (Lipinski definition) is 5. The lowest BCUT2D eigenvalue weighted by atomic mass is 10.0. The van der Waals surface area contributed by atoms with Gasteiger partial charge in [0.15, 0.2) is 0 Å². The van der Waals surface area contributed by atoms with E-state index in [1.54, 1.807) is 24.3 Å². The van der Waals surface area contributed by atoms with Crippen LogP contribution >= 0.6 is 0 Å². The zero-order valence-electron chi connectivity index (χ0n) is 12.7. The molecule has 2 atom stereocenters. The maximum atomic E-state index is 11.6. The number of carbonyl (C=O) groups excluding carboxylic acids is 2. The first kappa shape index (κ1) is 16.5. The molecule has 1 aliphatic heterocycles. The number of nitrogens with zero attached hydrogens (tertiary/aromatic N) is 1. The quantitative estimate of drug-likeness (QED) is 0.628. The standard InChI is InChI=1S/C15H17N3O5/c1-9(2)23-12-6-4-3-5-10(12)7-8-11-13(18(21)22)14(19)17-15(20)16-11/h3-9,11,13H,1-2H3,(H2,16,17,19,20)/b8-7+. The highest BCUT2D eigenvalue weighted by Gasteiger charge is 2.43. The number of ether oxygens (including phenoxy) is 1. The highest BCUT2D eigenvalue weighted by molar-refractivity contribution is 6.00. The predicted octanol–water partition coefficient (Wildman–Crippen LogP) is 1.34. The van der Waals surface area contributed by atoms with Crippen LogP contribution in [-0.2, 0) is 4.79 Å². The first-order valence-electron chi connectivity index (χ1n) is 7.07. The molecular weight excluding hydrogens is 302 g/mol. The molecular formula is C15H17N3O5. The third kappa shape index (κ3) is 4.06. The van der Waals surface area contributed by atoms with Crippen LogP contribution in [0.25, 0.3) is 6.08 Å². The second-order valence-corrected chi connectivity index (χ2v) is 5.28. The minimum absolute atomic E-state index is 0.0313. The normalized spacial score (nSPS) is 21.2. The number of benzene rings is 1. The number of amides is 3. The number of hydrogen-bond donors (Lipinski definition) is 2. The van der Waals surface area contributed by atoms with E-state index in [0.29, 0.717) is 11.3 Å². The Morgan fingerprint density at radius 3 is 2.65 bits per heavy atom. The molecule has 1 aromatic rings. The Labute approximate surface area is 132 Å². The summed E-state index contributed by atoms with van der Waals surface area (Å²) in [6.45, 7) is 3.77. The van der Waals surface area contributed by atoms with Gasteiger partial charge in [-0.15, -0.1) is 0 Å². The minimum atomic E-state index is -1.57. The summed E-state index contributed by atoms with van der Waals surface area (Å²) in [6.07, 6.45) is 2.99. The summed E-state index contributed by atoms with van der Waals surface area (Å²) in [5.74, 6) is -0.317. The average molecular weight is 319 g/mol. The Morgan fingerprint density at radius 2 is 2.00 bits per heavy atom. The maximum absolute atomic E-state index is 11.6. The fourth-order valence-corrected chi connectivity index (χ4v) is 2.18. The fraction of sp³-hybridized carbons (Fsp3) is 0.333. The molecule has 1 saturated heterocycles. The molecule has 1 aromatic carbocycles. The Bertz CT molecular complexity index is 656. The van der Waals surface area contributed by atoms with E-state index in [2.05, 4.69) is 5.32 Å². The van der Waals surface area contributed by atoms with Gasteiger partial charge in [0.1, 0.15) is 11.8 Å². The van der Waals surface area contributed by atoms with Crippen molar-refractivity contribution in [3.8, 4) is 5.75 Å². The van der Waals surface area contributed by atoms with E-state index in [1.165, 1.54) is 6.08 Å². The molecule has 1 heterocycles. The van der Waals surface area contributed by atoms with Crippen molar-refractivity contribution in [2.75, 3.05) is 0 Å². The summed E-state index contributed by atoms with van der Waals surface area (Å²) in [5.41, 5.74) is 0.698. The lowest BCUT2D eigenvalue weighted by molar-refractivity contribution is -0.510. The number of rotatable bonds is 5. The molecule has 0 aromatic heterocycles. The van der Waals surface area contributed by atoms with E-state index in [-0.39, 0.29) is 6.10 Å². The van der Waals surface area contributed by atoms with E-state index in [9.17, 15) is 19.7 Å². The second-order valence-electron chi connectivity index (χ2n) is 5.28. The van der Waals surface area contributed by atoms with E-state index < -0.39 is 28.9 Å². The number of para-hydroxylation sites is 1. The van der Waals surface area contributed by atoms with Gasteiger partial charge in [-0.3, -0.25) is 20.2 Å². The van der Waals surface area contributed by atoms with Crippen LogP contribution in [0.1, 0.15) is 19.4 Å². The second kappa shape index (κ2) is 6.91. The molecule has 0 radical (unpaired) electrons. The predicted molar refractivity (Wildman–Crippen MR) is 82.5 cm³/mol. The molecule has 2 unspecified atom stereocenters. The van der Waals surface area contributed by atoms with Crippen molar-refractivity contribution in [1.29, 1.82) is 0 Å². The van der Waals surface area contributed by atoms with Gasteiger partial charge >= 0.3 is 18.0 Å². The molecule has 0 saturated carbocycles. The molecule has 8 nitrogen and oxygen atoms in total. The monoisotopic (exact) mass is 319 g/mol. The number of nitro groups is 1. The van der Waals surface area contributed by atoms with Crippen LogP contribution in [0.2, 0.25) is 0 Å². The van der Waals surface area contributed by atoms with Gasteiger partial charge in [-0.25, -0.2) is 4.79 Å². The Balaban J connectivity index is 2.25. The molecule has 0 aliphatic carbocycles. The largest absolute Gasteiger partial charge is 0.490 e. The van der Waals surface area contributed by atoms with Gasteiger partial charge in [-0.1, -0.05) is 30.4 Å². The van der Waals surface area contributed by atoms with Crippen LogP contribution < -0.4 is 15.4 Å². The molecule has 8 heteroatoms. The van der Waals surface area contributed by atoms with Crippen molar-refractivity contribution in [3.05, 3.63) is 46.0 Å². The van der Waals surface area contributed by atoms with E-state index in [4.69, 9.17) is 4.74 Å². The van der Waals surface area contributed by atoms with Crippen molar-refractivity contribution < 1.29 is 19.2 Å². The lowest BCUT2D eigenvalue weighted by Gasteiger charge is -2.23. The average Bonchev–Trinajstić information content (AvgIpc) is 2.44. The first-order valence-corrected chi connectivity index (χ1v) is 7.07. The van der Waals surface area contributed by atoms with Crippen LogP contribution in [0.4, 0.5) is 4.79 Å². The van der Waals surface area contributed by atoms with Crippen LogP contribution in [0.5, 0.6) is 5.75 Å². The molecule has 2 N–H and O–H groups in total. The third-order valence-electron chi connectivity index (χ3n) is 3.14. The molecule has 0 bridgehead atoms. The van der Waals surface area contributed by atoms with Crippen molar-refractivity contribution in [2.45, 2.75) is 32.0 Å². The minimum Gasteiger partial charge on any atom is -0.490 e. The zero-order valence-corrected chi connectivity index (χ0v) is 12.7. The summed E-state index contributed by atoms with van der Waals surface area (Å²) in [4.78, 5) is 33.3. The van der Waals surface area contributed by atoms with Crippen molar-refractivity contribution in [2.24, 2.45) is 0 Å². The maximum Gasteiger partial charge on any atom is 0.322 e. The van der Waals surface area contributed by atoms with Gasteiger partial charge in [-0.2, -0.15) is 0 Å². The van der Waals surface area contributed by atoms with Gasteiger partial charge in [0, 0.05) is 10.5 Å². The Hall–Kier alpha value is -2.90. The summed E-state index contributed by atoms with van der Waals surface area (Å²) in [7, 11) is 0. The zero-order chi connectivity index (χ0) is 17.0. The summed E-state index contributed by atoms with van der Waals surface area (Å²) in [5, 5.41) is 15.3. The van der Waals surface area contributed by atoms with E-state index >= 15 is 0 Å². The lowest BCUT2D eigenvalue weighted by Crippen LogP contribution is -2.62. The van der Waals surface area contributed by atoms with Gasteiger partial charge in [0.05, 0.1) is 6.10 Å². The van der Waals surface area contributed by atoms with Crippen molar-refractivity contribution in [1.82, 2.24) is 10.6 Å². The summed E-state index contributed by atoms with van der Waals surface area (Å²) in [6, 6.07) is 3.81. The SMILES string of the molecule is CC(C)Oc1ccccc1/C=C/C1NC(=O)NC(=O)C1[N+](=O)[O-]. The molecule has 3 amide bonds. The Morgan fingerprint density at radius 1 is 1.30 bits per heavy atom. The van der Waals surface area contributed by atoms with Gasteiger partial charge < -0.3 is 10.1 Å². The molecule has 1 fully saturated rings. The molecule has 2 rings (SSSR count). The van der Waals surface area contributed by atoms with Gasteiger partial charge in [0.2, 0.25) is 0 Å². The van der Waals surface area contributed by atoms with E-state index in [1.807, 2.05) is 25.2 Å². The van der Waals surface area contributed by atoms with E-state index in [0.717, 1.165) is 0 Å². The van der Waals surface area contributed by atoms with Crippen molar-refractivity contribution in [3.63, 3.8) is 0 Å². The summed E-state index contributed by atoms with van der Waals surface area (Å²) >= 11 is 0. The molecule has 23 heavy (non-hydrogen) atoms.